The molecular weight excluding hydrogens is 260 g/mol. The molecule has 102 valence electrons. The second-order valence-corrected chi connectivity index (χ2v) is 5.44. The molecule has 0 aliphatic carbocycles. The molecule has 3 aromatic rings. The lowest BCUT2D eigenvalue weighted by Gasteiger charge is -2.14. The molecule has 2 heteroatoms. The smallest absolute Gasteiger partial charge is 0.339 e. The first-order valence-corrected chi connectivity index (χ1v) is 7.03. The van der Waals surface area contributed by atoms with Gasteiger partial charge in [0.05, 0.1) is 5.56 Å². The van der Waals surface area contributed by atoms with Crippen molar-refractivity contribution < 1.29 is 9.53 Å². The van der Waals surface area contributed by atoms with Gasteiger partial charge in [-0.15, -0.1) is 0 Å². The van der Waals surface area contributed by atoms with Crippen LogP contribution in [0.4, 0.5) is 0 Å². The average Bonchev–Trinajstić information content (AvgIpc) is 2.83. The Morgan fingerprint density at radius 3 is 2.62 bits per heavy atom. The van der Waals surface area contributed by atoms with Crippen LogP contribution >= 0.6 is 0 Å². The van der Waals surface area contributed by atoms with Gasteiger partial charge < -0.3 is 4.74 Å². The van der Waals surface area contributed by atoms with Gasteiger partial charge >= 0.3 is 5.97 Å². The number of carbonyl (C=O) groups is 1. The number of hydrogen-bond acceptors (Lipinski definition) is 2. The lowest BCUT2D eigenvalue weighted by Crippen LogP contribution is -2.01. The number of ether oxygens (including phenoxy) is 1. The first-order chi connectivity index (χ1) is 10.2. The highest BCUT2D eigenvalue weighted by Gasteiger charge is 2.32. The highest BCUT2D eigenvalue weighted by Crippen LogP contribution is 2.39. The van der Waals surface area contributed by atoms with E-state index in [1.54, 1.807) is 0 Å². The maximum absolute atomic E-state index is 12.1. The van der Waals surface area contributed by atoms with Crippen molar-refractivity contribution in [2.24, 2.45) is 0 Å². The zero-order chi connectivity index (χ0) is 14.4. The van der Waals surface area contributed by atoms with Crippen molar-refractivity contribution in [3.8, 4) is 0 Å². The molecule has 1 atom stereocenters. The second-order valence-electron chi connectivity index (χ2n) is 5.44. The topological polar surface area (TPSA) is 26.3 Å². The number of rotatable bonds is 1. The van der Waals surface area contributed by atoms with Gasteiger partial charge in [-0.25, -0.2) is 4.79 Å². The van der Waals surface area contributed by atoms with Crippen molar-refractivity contribution in [3.63, 3.8) is 0 Å². The number of benzene rings is 3. The van der Waals surface area contributed by atoms with Crippen molar-refractivity contribution in [1.29, 1.82) is 0 Å². The Morgan fingerprint density at radius 1 is 0.905 bits per heavy atom. The largest absolute Gasteiger partial charge is 0.449 e. The van der Waals surface area contributed by atoms with Crippen LogP contribution in [0.1, 0.15) is 33.2 Å². The summed E-state index contributed by atoms with van der Waals surface area (Å²) in [5.41, 5.74) is 3.83. The van der Waals surface area contributed by atoms with Gasteiger partial charge in [0, 0.05) is 11.1 Å². The summed E-state index contributed by atoms with van der Waals surface area (Å²) in [6, 6.07) is 20.2. The fourth-order valence-electron chi connectivity index (χ4n) is 3.03. The van der Waals surface area contributed by atoms with E-state index in [-0.39, 0.29) is 12.1 Å². The Labute approximate surface area is 123 Å². The molecule has 0 amide bonds. The van der Waals surface area contributed by atoms with E-state index in [0.717, 1.165) is 27.5 Å². The van der Waals surface area contributed by atoms with Crippen LogP contribution in [0, 0.1) is 6.92 Å². The molecule has 0 spiro atoms. The summed E-state index contributed by atoms with van der Waals surface area (Å²) >= 11 is 0. The lowest BCUT2D eigenvalue weighted by atomic mass is 9.94. The molecule has 0 saturated carbocycles. The van der Waals surface area contributed by atoms with Crippen molar-refractivity contribution in [2.75, 3.05) is 0 Å². The van der Waals surface area contributed by atoms with E-state index in [1.165, 1.54) is 0 Å². The Hall–Kier alpha value is -2.61. The van der Waals surface area contributed by atoms with Crippen LogP contribution < -0.4 is 0 Å². The third-order valence-corrected chi connectivity index (χ3v) is 4.04. The second kappa shape index (κ2) is 4.45. The third-order valence-electron chi connectivity index (χ3n) is 4.04. The molecule has 0 unspecified atom stereocenters. The normalized spacial score (nSPS) is 16.8. The fraction of sp³-hybridized carbons (Fsp3) is 0.105. The van der Waals surface area contributed by atoms with Gasteiger partial charge in [-0.1, -0.05) is 60.2 Å². The van der Waals surface area contributed by atoms with Crippen molar-refractivity contribution in [3.05, 3.63) is 82.9 Å². The van der Waals surface area contributed by atoms with E-state index in [0.29, 0.717) is 5.56 Å². The number of carbonyl (C=O) groups excluding carboxylic acids is 1. The van der Waals surface area contributed by atoms with E-state index in [9.17, 15) is 4.79 Å². The van der Waals surface area contributed by atoms with E-state index in [2.05, 4.69) is 18.2 Å². The molecule has 21 heavy (non-hydrogen) atoms. The molecule has 1 aliphatic rings. The van der Waals surface area contributed by atoms with Crippen molar-refractivity contribution in [1.82, 2.24) is 0 Å². The fourth-order valence-corrected chi connectivity index (χ4v) is 3.03. The average molecular weight is 274 g/mol. The predicted octanol–water partition coefficient (Wildman–Crippen LogP) is 4.41. The Morgan fingerprint density at radius 2 is 1.71 bits per heavy atom. The van der Waals surface area contributed by atoms with Crippen LogP contribution in [0.2, 0.25) is 0 Å². The molecule has 0 fully saturated rings. The van der Waals surface area contributed by atoms with E-state index < -0.39 is 0 Å². The quantitative estimate of drug-likeness (QED) is 0.614. The van der Waals surface area contributed by atoms with Gasteiger partial charge in [-0.3, -0.25) is 0 Å². The summed E-state index contributed by atoms with van der Waals surface area (Å²) in [6.07, 6.45) is -0.307. The minimum absolute atomic E-state index is 0.233. The van der Waals surface area contributed by atoms with Crippen LogP contribution in [0.25, 0.3) is 10.8 Å². The van der Waals surface area contributed by atoms with Gasteiger partial charge in [-0.2, -0.15) is 0 Å². The van der Waals surface area contributed by atoms with Crippen LogP contribution in [0.3, 0.4) is 0 Å². The monoisotopic (exact) mass is 274 g/mol. The Balaban J connectivity index is 1.96. The van der Waals surface area contributed by atoms with Crippen molar-refractivity contribution in [2.45, 2.75) is 13.0 Å². The van der Waals surface area contributed by atoms with E-state index >= 15 is 0 Å². The number of fused-ring (bicyclic) bond motifs is 2. The molecule has 1 aliphatic heterocycles. The zero-order valence-corrected chi connectivity index (χ0v) is 11.7. The van der Waals surface area contributed by atoms with Crippen LogP contribution in [-0.2, 0) is 4.74 Å². The summed E-state index contributed by atoms with van der Waals surface area (Å²) in [5, 5.41) is 2.29. The SMILES string of the molecule is Cc1ccc2c(c1)[C@@H](c1cccc3ccccc13)OC2=O. The minimum Gasteiger partial charge on any atom is -0.449 e. The van der Waals surface area contributed by atoms with Crippen LogP contribution in [0.5, 0.6) is 0 Å². The molecule has 0 aromatic heterocycles. The summed E-state index contributed by atoms with van der Waals surface area (Å²) in [6.45, 7) is 2.03. The highest BCUT2D eigenvalue weighted by molar-refractivity contribution is 5.96. The number of esters is 1. The maximum Gasteiger partial charge on any atom is 0.339 e. The van der Waals surface area contributed by atoms with Crippen LogP contribution in [-0.4, -0.2) is 5.97 Å². The maximum atomic E-state index is 12.1. The Bertz CT molecular complexity index is 859. The summed E-state index contributed by atoms with van der Waals surface area (Å²) in [4.78, 5) is 12.1. The summed E-state index contributed by atoms with van der Waals surface area (Å²) < 4.78 is 5.64. The third kappa shape index (κ3) is 1.83. The molecule has 0 saturated heterocycles. The highest BCUT2D eigenvalue weighted by atomic mass is 16.5. The standard InChI is InChI=1S/C19H14O2/c1-12-9-10-16-17(11-12)18(21-19(16)20)15-8-4-6-13-5-2-3-7-14(13)15/h2-11,18H,1H3/t18-/m1/s1. The molecule has 1 heterocycles. The molecule has 2 nitrogen and oxygen atoms in total. The van der Waals surface area contributed by atoms with Gasteiger partial charge in [0.1, 0.15) is 0 Å². The number of hydrogen-bond donors (Lipinski definition) is 0. The molecule has 0 radical (unpaired) electrons. The van der Waals surface area contributed by atoms with E-state index in [1.807, 2.05) is 49.4 Å². The van der Waals surface area contributed by atoms with Crippen LogP contribution in [0.15, 0.2) is 60.7 Å². The molecule has 4 rings (SSSR count). The van der Waals surface area contributed by atoms with Gasteiger partial charge in [-0.05, 0) is 23.8 Å². The van der Waals surface area contributed by atoms with Gasteiger partial charge in [0.2, 0.25) is 0 Å². The van der Waals surface area contributed by atoms with Gasteiger partial charge in [0.15, 0.2) is 6.10 Å². The summed E-state index contributed by atoms with van der Waals surface area (Å²) in [7, 11) is 0. The first-order valence-electron chi connectivity index (χ1n) is 7.03. The first kappa shape index (κ1) is 12.2. The van der Waals surface area contributed by atoms with E-state index in [4.69, 9.17) is 4.74 Å². The summed E-state index contributed by atoms with van der Waals surface area (Å²) in [5.74, 6) is -0.233. The lowest BCUT2D eigenvalue weighted by molar-refractivity contribution is 0.0458. The van der Waals surface area contributed by atoms with Crippen molar-refractivity contribution >= 4 is 16.7 Å². The molecule has 0 N–H and O–H groups in total. The predicted molar refractivity (Wildman–Crippen MR) is 82.4 cm³/mol. The Kier molecular flexibility index (Phi) is 2.58. The minimum atomic E-state index is -0.307. The molecular formula is C19H14O2. The molecule has 0 bridgehead atoms. The molecule has 3 aromatic carbocycles. The number of aryl methyl sites for hydroxylation is 1. The van der Waals surface area contributed by atoms with Gasteiger partial charge in [0.25, 0.3) is 0 Å². The zero-order valence-electron chi connectivity index (χ0n) is 11.7. The number of cyclic esters (lactones) is 1.